The number of hydrogen-bond donors (Lipinski definition) is 1. The second kappa shape index (κ2) is 5.33. The average molecular weight is 303 g/mol. The summed E-state index contributed by atoms with van der Waals surface area (Å²) < 4.78 is 2.44. The lowest BCUT2D eigenvalue weighted by Gasteiger charge is -2.22. The molecule has 112 valence electrons. The van der Waals surface area contributed by atoms with Crippen LogP contribution in [0, 0.1) is 17.8 Å². The molecule has 1 heterocycles. The lowest BCUT2D eigenvalue weighted by atomic mass is 9.89. The Hall–Kier alpha value is -0.990. The minimum Gasteiger partial charge on any atom is -0.347 e. The zero-order valence-corrected chi connectivity index (χ0v) is 13.1. The maximum absolute atomic E-state index is 6.22. The summed E-state index contributed by atoms with van der Waals surface area (Å²) in [4.78, 5) is 0. The Kier molecular flexibility index (Phi) is 3.47. The van der Waals surface area contributed by atoms with Gasteiger partial charge in [-0.05, 0) is 67.7 Å². The zero-order valence-electron chi connectivity index (χ0n) is 12.4. The van der Waals surface area contributed by atoms with E-state index in [1.807, 2.05) is 6.07 Å². The molecular weight excluding hydrogens is 280 g/mol. The first-order valence-corrected chi connectivity index (χ1v) is 8.59. The van der Waals surface area contributed by atoms with Gasteiger partial charge < -0.3 is 10.3 Å². The van der Waals surface area contributed by atoms with Gasteiger partial charge in [-0.25, -0.2) is 0 Å². The van der Waals surface area contributed by atoms with Crippen molar-refractivity contribution in [3.8, 4) is 0 Å². The van der Waals surface area contributed by atoms with Gasteiger partial charge in [0.1, 0.15) is 0 Å². The number of nitrogens with two attached hydrogens (primary N) is 1. The van der Waals surface area contributed by atoms with E-state index >= 15 is 0 Å². The molecule has 2 nitrogen and oxygen atoms in total. The Morgan fingerprint density at radius 1 is 1.24 bits per heavy atom. The van der Waals surface area contributed by atoms with Crippen molar-refractivity contribution < 1.29 is 0 Å². The molecule has 3 unspecified atom stereocenters. The SMILES string of the molecule is NCCc1cn(CC2CC3CCC2C3)c2cc(Cl)ccc12. The fraction of sp³-hybridized carbons (Fsp3) is 0.556. The molecule has 0 aliphatic heterocycles. The molecule has 0 amide bonds. The highest BCUT2D eigenvalue weighted by Crippen LogP contribution is 2.49. The second-order valence-electron chi connectivity index (χ2n) is 6.94. The van der Waals surface area contributed by atoms with Crippen LogP contribution in [0.5, 0.6) is 0 Å². The van der Waals surface area contributed by atoms with Gasteiger partial charge in [0.25, 0.3) is 0 Å². The lowest BCUT2D eigenvalue weighted by Crippen LogP contribution is -2.16. The zero-order chi connectivity index (χ0) is 14.4. The van der Waals surface area contributed by atoms with Gasteiger partial charge in [-0.15, -0.1) is 0 Å². The molecule has 2 aliphatic rings. The molecule has 2 bridgehead atoms. The van der Waals surface area contributed by atoms with Gasteiger partial charge in [0.2, 0.25) is 0 Å². The van der Waals surface area contributed by atoms with Crippen LogP contribution >= 0.6 is 11.6 Å². The summed E-state index contributed by atoms with van der Waals surface area (Å²) in [5.41, 5.74) is 8.42. The van der Waals surface area contributed by atoms with Crippen LogP contribution in [0.4, 0.5) is 0 Å². The van der Waals surface area contributed by atoms with E-state index < -0.39 is 0 Å². The van der Waals surface area contributed by atoms with E-state index in [2.05, 4.69) is 22.9 Å². The third kappa shape index (κ3) is 2.39. The fourth-order valence-electron chi connectivity index (χ4n) is 4.70. The van der Waals surface area contributed by atoms with E-state index in [0.717, 1.165) is 35.7 Å². The highest BCUT2D eigenvalue weighted by atomic mass is 35.5. The summed E-state index contributed by atoms with van der Waals surface area (Å²) in [7, 11) is 0. The molecule has 21 heavy (non-hydrogen) atoms. The van der Waals surface area contributed by atoms with Crippen molar-refractivity contribution in [2.45, 2.75) is 38.6 Å². The van der Waals surface area contributed by atoms with Gasteiger partial charge in [-0.2, -0.15) is 0 Å². The monoisotopic (exact) mass is 302 g/mol. The van der Waals surface area contributed by atoms with Crippen LogP contribution in [0.25, 0.3) is 10.9 Å². The third-order valence-electron chi connectivity index (χ3n) is 5.66. The smallest absolute Gasteiger partial charge is 0.0498 e. The van der Waals surface area contributed by atoms with E-state index in [9.17, 15) is 0 Å². The molecule has 2 saturated carbocycles. The van der Waals surface area contributed by atoms with E-state index in [1.54, 1.807) is 0 Å². The molecule has 0 spiro atoms. The molecule has 1 aromatic carbocycles. The summed E-state index contributed by atoms with van der Waals surface area (Å²) in [6, 6.07) is 6.26. The first kappa shape index (κ1) is 13.7. The van der Waals surface area contributed by atoms with Gasteiger partial charge >= 0.3 is 0 Å². The van der Waals surface area contributed by atoms with Crippen LogP contribution in [0.2, 0.25) is 5.02 Å². The second-order valence-corrected chi connectivity index (χ2v) is 7.38. The summed E-state index contributed by atoms with van der Waals surface area (Å²) >= 11 is 6.22. The molecule has 2 aliphatic carbocycles. The van der Waals surface area contributed by atoms with Gasteiger partial charge in [0.15, 0.2) is 0 Å². The van der Waals surface area contributed by atoms with Crippen LogP contribution in [-0.2, 0) is 13.0 Å². The standard InChI is InChI=1S/C18H23ClN2/c19-16-3-4-17-14(5-6-20)10-21(18(17)9-16)11-15-8-12-1-2-13(15)7-12/h3-4,9-10,12-13,15H,1-2,5-8,11,20H2. The van der Waals surface area contributed by atoms with Gasteiger partial charge in [-0.3, -0.25) is 0 Å². The molecule has 2 aromatic rings. The van der Waals surface area contributed by atoms with E-state index in [-0.39, 0.29) is 0 Å². The largest absolute Gasteiger partial charge is 0.347 e. The average Bonchev–Trinajstić information content (AvgIpc) is 3.15. The molecular formula is C18H23ClN2. The number of rotatable bonds is 4. The van der Waals surface area contributed by atoms with Gasteiger partial charge in [0, 0.05) is 28.7 Å². The highest BCUT2D eigenvalue weighted by Gasteiger charge is 2.39. The maximum Gasteiger partial charge on any atom is 0.0498 e. The van der Waals surface area contributed by atoms with Gasteiger partial charge in [-0.1, -0.05) is 24.1 Å². The maximum atomic E-state index is 6.22. The van der Waals surface area contributed by atoms with Crippen LogP contribution < -0.4 is 5.73 Å². The van der Waals surface area contributed by atoms with Crippen molar-refractivity contribution in [2.75, 3.05) is 6.54 Å². The van der Waals surface area contributed by atoms with Crippen LogP contribution in [0.15, 0.2) is 24.4 Å². The summed E-state index contributed by atoms with van der Waals surface area (Å²) in [6.07, 6.45) is 9.09. The Bertz CT molecular complexity index is 661. The molecule has 3 heteroatoms. The quantitative estimate of drug-likeness (QED) is 0.900. The van der Waals surface area contributed by atoms with E-state index in [1.165, 1.54) is 42.1 Å². The normalized spacial score (nSPS) is 27.8. The molecule has 0 saturated heterocycles. The molecule has 2 fully saturated rings. The number of fused-ring (bicyclic) bond motifs is 3. The summed E-state index contributed by atoms with van der Waals surface area (Å²) in [5.74, 6) is 2.84. The van der Waals surface area contributed by atoms with Crippen molar-refractivity contribution in [3.05, 3.63) is 35.0 Å². The van der Waals surface area contributed by atoms with Crippen molar-refractivity contribution >= 4 is 22.5 Å². The highest BCUT2D eigenvalue weighted by molar-refractivity contribution is 6.31. The predicted octanol–water partition coefficient (Wildman–Crippen LogP) is 4.23. The number of nitrogens with zero attached hydrogens (tertiary/aromatic N) is 1. The lowest BCUT2D eigenvalue weighted by molar-refractivity contribution is 0.299. The predicted molar refractivity (Wildman–Crippen MR) is 88.6 cm³/mol. The molecule has 2 N–H and O–H groups in total. The fourth-order valence-corrected chi connectivity index (χ4v) is 4.87. The molecule has 0 radical (unpaired) electrons. The van der Waals surface area contributed by atoms with Crippen molar-refractivity contribution in [1.29, 1.82) is 0 Å². The van der Waals surface area contributed by atoms with Crippen LogP contribution in [0.1, 0.15) is 31.2 Å². The number of hydrogen-bond acceptors (Lipinski definition) is 1. The first-order valence-electron chi connectivity index (χ1n) is 8.22. The van der Waals surface area contributed by atoms with Crippen molar-refractivity contribution in [3.63, 3.8) is 0 Å². The number of benzene rings is 1. The minimum absolute atomic E-state index is 0.704. The Labute approximate surface area is 131 Å². The number of aromatic nitrogens is 1. The molecule has 3 atom stereocenters. The van der Waals surface area contributed by atoms with E-state index in [0.29, 0.717) is 6.54 Å². The summed E-state index contributed by atoms with van der Waals surface area (Å²) in [6.45, 7) is 1.86. The minimum atomic E-state index is 0.704. The number of halogens is 1. The third-order valence-corrected chi connectivity index (χ3v) is 5.89. The molecule has 1 aromatic heterocycles. The summed E-state index contributed by atoms with van der Waals surface area (Å²) in [5, 5.41) is 2.15. The van der Waals surface area contributed by atoms with Crippen LogP contribution in [0.3, 0.4) is 0 Å². The Morgan fingerprint density at radius 3 is 2.86 bits per heavy atom. The van der Waals surface area contributed by atoms with Crippen molar-refractivity contribution in [2.24, 2.45) is 23.5 Å². The van der Waals surface area contributed by atoms with Gasteiger partial charge in [0.05, 0.1) is 0 Å². The first-order chi connectivity index (χ1) is 10.2. The Morgan fingerprint density at radius 2 is 2.14 bits per heavy atom. The Balaban J connectivity index is 1.68. The topological polar surface area (TPSA) is 30.9 Å². The molecule has 4 rings (SSSR count). The van der Waals surface area contributed by atoms with E-state index in [4.69, 9.17) is 17.3 Å². The van der Waals surface area contributed by atoms with Crippen LogP contribution in [-0.4, -0.2) is 11.1 Å². The van der Waals surface area contributed by atoms with Crippen molar-refractivity contribution in [1.82, 2.24) is 4.57 Å².